The lowest BCUT2D eigenvalue weighted by atomic mass is 10.0. The van der Waals surface area contributed by atoms with Gasteiger partial charge in [-0.1, -0.05) is 31.9 Å². The van der Waals surface area contributed by atoms with E-state index in [0.717, 1.165) is 8.95 Å². The van der Waals surface area contributed by atoms with Crippen LogP contribution in [0.5, 0.6) is 0 Å². The van der Waals surface area contributed by atoms with Gasteiger partial charge in [0, 0.05) is 13.8 Å². The molecule has 1 aromatic heterocycles. The first-order valence-corrected chi connectivity index (χ1v) is 8.18. The molecular weight excluding hydrogens is 374 g/mol. The number of hydrogen-bond donors (Lipinski definition) is 1. The molecule has 0 amide bonds. The minimum atomic E-state index is 0.233. The van der Waals surface area contributed by atoms with Crippen molar-refractivity contribution < 1.29 is 0 Å². The van der Waals surface area contributed by atoms with Gasteiger partial charge in [0.1, 0.15) is 0 Å². The van der Waals surface area contributed by atoms with Gasteiger partial charge in [0.2, 0.25) is 0 Å². The molecule has 1 aromatic carbocycles. The summed E-state index contributed by atoms with van der Waals surface area (Å²) in [5.74, 6) is 0. The second-order valence-corrected chi connectivity index (χ2v) is 6.97. The van der Waals surface area contributed by atoms with Gasteiger partial charge in [0.05, 0.1) is 6.04 Å². The lowest BCUT2D eigenvalue weighted by molar-refractivity contribution is 0.696. The molecule has 0 aliphatic carbocycles. The third-order valence-corrected chi connectivity index (χ3v) is 5.67. The molecule has 0 spiro atoms. The molecule has 0 saturated carbocycles. The Balaban J connectivity index is 2.52. The highest BCUT2D eigenvalue weighted by molar-refractivity contribution is 9.11. The van der Waals surface area contributed by atoms with E-state index in [1.807, 2.05) is 7.05 Å². The van der Waals surface area contributed by atoms with Crippen LogP contribution in [0.15, 0.2) is 32.5 Å². The van der Waals surface area contributed by atoms with Crippen molar-refractivity contribution in [2.45, 2.75) is 19.9 Å². The zero-order valence-corrected chi connectivity index (χ0v) is 14.5. The zero-order chi connectivity index (χ0) is 13.3. The summed E-state index contributed by atoms with van der Waals surface area (Å²) in [4.78, 5) is 1.37. The van der Waals surface area contributed by atoms with Gasteiger partial charge in [-0.3, -0.25) is 0 Å². The van der Waals surface area contributed by atoms with Gasteiger partial charge < -0.3 is 5.32 Å². The summed E-state index contributed by atoms with van der Waals surface area (Å²) >= 11 is 9.09. The Labute approximate surface area is 129 Å². The molecular formula is C14H15Br2NS. The maximum atomic E-state index is 3.68. The maximum absolute atomic E-state index is 3.68. The summed E-state index contributed by atoms with van der Waals surface area (Å²) in [5, 5.41) is 5.55. The van der Waals surface area contributed by atoms with Gasteiger partial charge in [-0.15, -0.1) is 11.3 Å². The lowest BCUT2D eigenvalue weighted by Crippen LogP contribution is -2.18. The fourth-order valence-electron chi connectivity index (χ4n) is 1.99. The second kappa shape index (κ2) is 5.87. The molecule has 1 nitrogen and oxygen atoms in total. The minimum Gasteiger partial charge on any atom is -0.309 e. The quantitative estimate of drug-likeness (QED) is 0.761. The van der Waals surface area contributed by atoms with Crippen LogP contribution in [0.1, 0.15) is 27.6 Å². The van der Waals surface area contributed by atoms with Gasteiger partial charge >= 0.3 is 0 Å². The van der Waals surface area contributed by atoms with Crippen molar-refractivity contribution in [1.29, 1.82) is 0 Å². The van der Waals surface area contributed by atoms with Crippen LogP contribution in [-0.2, 0) is 0 Å². The molecule has 96 valence electrons. The van der Waals surface area contributed by atoms with Crippen molar-refractivity contribution in [3.8, 4) is 0 Å². The molecule has 1 unspecified atom stereocenters. The van der Waals surface area contributed by atoms with Crippen LogP contribution in [0.3, 0.4) is 0 Å². The fourth-order valence-corrected chi connectivity index (χ4v) is 4.09. The van der Waals surface area contributed by atoms with Crippen molar-refractivity contribution >= 4 is 43.2 Å². The van der Waals surface area contributed by atoms with Crippen LogP contribution in [0.25, 0.3) is 0 Å². The highest BCUT2D eigenvalue weighted by Gasteiger charge is 2.19. The van der Waals surface area contributed by atoms with Crippen molar-refractivity contribution in [1.82, 2.24) is 5.32 Å². The average molecular weight is 389 g/mol. The van der Waals surface area contributed by atoms with Gasteiger partial charge in [-0.25, -0.2) is 0 Å². The van der Waals surface area contributed by atoms with Crippen molar-refractivity contribution in [2.75, 3.05) is 7.05 Å². The first-order chi connectivity index (χ1) is 8.54. The molecule has 18 heavy (non-hydrogen) atoms. The molecule has 0 aliphatic rings. The third-order valence-electron chi connectivity index (χ3n) is 3.04. The Hall–Kier alpha value is -0.160. The molecule has 0 bridgehead atoms. The summed E-state index contributed by atoms with van der Waals surface area (Å²) in [7, 11) is 2.00. The molecule has 0 radical (unpaired) electrons. The minimum absolute atomic E-state index is 0.233. The predicted molar refractivity (Wildman–Crippen MR) is 86.5 cm³/mol. The smallest absolute Gasteiger partial charge is 0.0682 e. The first kappa shape index (κ1) is 14.3. The topological polar surface area (TPSA) is 12.0 Å². The molecule has 1 atom stereocenters. The van der Waals surface area contributed by atoms with E-state index in [0.29, 0.717) is 0 Å². The van der Waals surface area contributed by atoms with E-state index < -0.39 is 0 Å². The molecule has 4 heteroatoms. The number of nitrogens with one attached hydrogen (secondary N) is 1. The Morgan fingerprint density at radius 3 is 2.39 bits per heavy atom. The molecule has 0 aliphatic heterocycles. The van der Waals surface area contributed by atoms with Crippen LogP contribution >= 0.6 is 43.2 Å². The average Bonchev–Trinajstić information content (AvgIpc) is 2.73. The van der Waals surface area contributed by atoms with Crippen LogP contribution < -0.4 is 5.32 Å². The fraction of sp³-hybridized carbons (Fsp3) is 0.286. The van der Waals surface area contributed by atoms with Crippen LogP contribution in [0.4, 0.5) is 0 Å². The Kier molecular flexibility index (Phi) is 4.64. The van der Waals surface area contributed by atoms with Crippen LogP contribution in [0, 0.1) is 13.8 Å². The SMILES string of the molecule is CNC(c1cc(Br)c(C)cc1Br)c1sccc1C. The number of hydrogen-bond acceptors (Lipinski definition) is 2. The lowest BCUT2D eigenvalue weighted by Gasteiger charge is -2.19. The van der Waals surface area contributed by atoms with E-state index >= 15 is 0 Å². The first-order valence-electron chi connectivity index (χ1n) is 5.71. The molecule has 2 rings (SSSR count). The van der Waals surface area contributed by atoms with Crippen molar-refractivity contribution in [2.24, 2.45) is 0 Å². The third kappa shape index (κ3) is 2.72. The van der Waals surface area contributed by atoms with Gasteiger partial charge in [0.25, 0.3) is 0 Å². The van der Waals surface area contributed by atoms with Crippen LogP contribution in [0.2, 0.25) is 0 Å². The number of halogens is 2. The Bertz CT molecular complexity index is 563. The van der Waals surface area contributed by atoms with Crippen molar-refractivity contribution in [3.63, 3.8) is 0 Å². The maximum Gasteiger partial charge on any atom is 0.0682 e. The molecule has 0 saturated heterocycles. The van der Waals surface area contributed by atoms with E-state index in [1.54, 1.807) is 11.3 Å². The van der Waals surface area contributed by atoms with E-state index in [2.05, 4.69) is 74.6 Å². The summed E-state index contributed by atoms with van der Waals surface area (Å²) in [5.41, 5.74) is 3.84. The van der Waals surface area contributed by atoms with Crippen molar-refractivity contribution in [3.05, 3.63) is 54.1 Å². The normalized spacial score (nSPS) is 12.7. The zero-order valence-electron chi connectivity index (χ0n) is 10.6. The molecule has 1 heterocycles. The summed E-state index contributed by atoms with van der Waals surface area (Å²) in [6.45, 7) is 4.26. The highest BCUT2D eigenvalue weighted by Crippen LogP contribution is 2.35. The molecule has 2 aromatic rings. The summed E-state index contributed by atoms with van der Waals surface area (Å²) in [6.07, 6.45) is 0. The number of benzene rings is 1. The number of aryl methyl sites for hydroxylation is 2. The number of thiophene rings is 1. The Morgan fingerprint density at radius 2 is 1.83 bits per heavy atom. The van der Waals surface area contributed by atoms with E-state index in [9.17, 15) is 0 Å². The van der Waals surface area contributed by atoms with Crippen LogP contribution in [-0.4, -0.2) is 7.05 Å². The second-order valence-electron chi connectivity index (χ2n) is 4.31. The summed E-state index contributed by atoms with van der Waals surface area (Å²) < 4.78 is 2.30. The van der Waals surface area contributed by atoms with E-state index in [1.165, 1.54) is 21.6 Å². The van der Waals surface area contributed by atoms with E-state index in [-0.39, 0.29) is 6.04 Å². The monoisotopic (exact) mass is 387 g/mol. The number of rotatable bonds is 3. The van der Waals surface area contributed by atoms with Gasteiger partial charge in [0.15, 0.2) is 0 Å². The largest absolute Gasteiger partial charge is 0.309 e. The van der Waals surface area contributed by atoms with Gasteiger partial charge in [-0.05, 0) is 61.2 Å². The Morgan fingerprint density at radius 1 is 1.11 bits per heavy atom. The highest BCUT2D eigenvalue weighted by atomic mass is 79.9. The van der Waals surface area contributed by atoms with Gasteiger partial charge in [-0.2, -0.15) is 0 Å². The molecule has 1 N–H and O–H groups in total. The summed E-state index contributed by atoms with van der Waals surface area (Å²) in [6, 6.07) is 6.75. The molecule has 0 fully saturated rings. The predicted octanol–water partition coefficient (Wildman–Crippen LogP) is 5.20. The standard InChI is InChI=1S/C14H15Br2NS/c1-8-4-5-18-14(8)13(17-3)10-7-11(15)9(2)6-12(10)16/h4-7,13,17H,1-3H3. The van der Waals surface area contributed by atoms with E-state index in [4.69, 9.17) is 0 Å².